The Labute approximate surface area is 164 Å². The average Bonchev–Trinajstić information content (AvgIpc) is 2.71. The normalized spacial score (nSPS) is 10.2. The SMILES string of the molecule is CCNc1cc(Oc2ccc(NC(=O)Nc3ccc(CC)cc3)cc2)ncn1. The maximum Gasteiger partial charge on any atom is 0.323 e. The van der Waals surface area contributed by atoms with E-state index in [4.69, 9.17) is 4.74 Å². The second kappa shape index (κ2) is 9.36. The molecule has 3 aromatic rings. The number of urea groups is 1. The summed E-state index contributed by atoms with van der Waals surface area (Å²) >= 11 is 0. The molecule has 0 bridgehead atoms. The number of aryl methyl sites for hydroxylation is 1. The van der Waals surface area contributed by atoms with Crippen LogP contribution in [0.4, 0.5) is 22.0 Å². The molecule has 3 N–H and O–H groups in total. The highest BCUT2D eigenvalue weighted by Crippen LogP contribution is 2.22. The fourth-order valence-corrected chi connectivity index (χ4v) is 2.52. The predicted molar refractivity (Wildman–Crippen MR) is 111 cm³/mol. The molecule has 7 nitrogen and oxygen atoms in total. The number of benzene rings is 2. The zero-order valence-electron chi connectivity index (χ0n) is 15.9. The van der Waals surface area contributed by atoms with Crippen LogP contribution in [0.2, 0.25) is 0 Å². The summed E-state index contributed by atoms with van der Waals surface area (Å²) < 4.78 is 5.72. The smallest absolute Gasteiger partial charge is 0.323 e. The Hall–Kier alpha value is -3.61. The van der Waals surface area contributed by atoms with Crippen molar-refractivity contribution < 1.29 is 9.53 Å². The number of rotatable bonds is 7. The number of hydrogen-bond acceptors (Lipinski definition) is 5. The molecule has 0 aliphatic rings. The van der Waals surface area contributed by atoms with E-state index in [-0.39, 0.29) is 6.03 Å². The molecular weight excluding hydrogens is 354 g/mol. The number of nitrogens with one attached hydrogen (secondary N) is 3. The predicted octanol–water partition coefficient (Wildman–Crippen LogP) is 4.91. The van der Waals surface area contributed by atoms with E-state index in [1.165, 1.54) is 11.9 Å². The van der Waals surface area contributed by atoms with Crippen LogP contribution in [0, 0.1) is 0 Å². The van der Waals surface area contributed by atoms with Crippen molar-refractivity contribution in [3.63, 3.8) is 0 Å². The monoisotopic (exact) mass is 377 g/mol. The first-order valence-corrected chi connectivity index (χ1v) is 9.17. The molecule has 0 fully saturated rings. The first-order chi connectivity index (χ1) is 13.7. The van der Waals surface area contributed by atoms with Gasteiger partial charge >= 0.3 is 6.03 Å². The van der Waals surface area contributed by atoms with E-state index in [2.05, 4.69) is 32.8 Å². The molecule has 2 aromatic carbocycles. The minimum atomic E-state index is -0.302. The summed E-state index contributed by atoms with van der Waals surface area (Å²) in [6.45, 7) is 4.85. The van der Waals surface area contributed by atoms with Crippen molar-refractivity contribution in [3.8, 4) is 11.6 Å². The van der Waals surface area contributed by atoms with Gasteiger partial charge in [-0.3, -0.25) is 0 Å². The summed E-state index contributed by atoms with van der Waals surface area (Å²) in [6, 6.07) is 16.3. The van der Waals surface area contributed by atoms with Crippen molar-refractivity contribution in [2.24, 2.45) is 0 Å². The van der Waals surface area contributed by atoms with Gasteiger partial charge < -0.3 is 20.7 Å². The highest BCUT2D eigenvalue weighted by molar-refractivity contribution is 5.99. The molecule has 28 heavy (non-hydrogen) atoms. The molecule has 1 heterocycles. The molecule has 0 saturated heterocycles. The summed E-state index contributed by atoms with van der Waals surface area (Å²) in [6.07, 6.45) is 2.41. The van der Waals surface area contributed by atoms with Gasteiger partial charge in [-0.15, -0.1) is 0 Å². The van der Waals surface area contributed by atoms with E-state index < -0.39 is 0 Å². The van der Waals surface area contributed by atoms with Crippen LogP contribution in [0.3, 0.4) is 0 Å². The van der Waals surface area contributed by atoms with Gasteiger partial charge in [0.25, 0.3) is 0 Å². The molecule has 7 heteroatoms. The Morgan fingerprint density at radius 2 is 1.57 bits per heavy atom. The summed E-state index contributed by atoms with van der Waals surface area (Å²) in [7, 11) is 0. The van der Waals surface area contributed by atoms with E-state index in [1.54, 1.807) is 30.3 Å². The lowest BCUT2D eigenvalue weighted by molar-refractivity contribution is 0.262. The van der Waals surface area contributed by atoms with E-state index >= 15 is 0 Å². The lowest BCUT2D eigenvalue weighted by atomic mass is 10.1. The first kappa shape index (κ1) is 19.2. The van der Waals surface area contributed by atoms with Crippen molar-refractivity contribution in [1.82, 2.24) is 9.97 Å². The van der Waals surface area contributed by atoms with Gasteiger partial charge in [-0.25, -0.2) is 14.8 Å². The number of aromatic nitrogens is 2. The molecule has 1 aromatic heterocycles. The third-order valence-electron chi connectivity index (χ3n) is 3.95. The van der Waals surface area contributed by atoms with Crippen LogP contribution < -0.4 is 20.7 Å². The molecule has 0 aliphatic carbocycles. The lowest BCUT2D eigenvalue weighted by Crippen LogP contribution is -2.19. The zero-order valence-corrected chi connectivity index (χ0v) is 15.9. The average molecular weight is 377 g/mol. The Kier molecular flexibility index (Phi) is 6.41. The Morgan fingerprint density at radius 3 is 2.18 bits per heavy atom. The number of anilines is 3. The van der Waals surface area contributed by atoms with E-state index in [9.17, 15) is 4.79 Å². The second-order valence-electron chi connectivity index (χ2n) is 6.03. The molecule has 0 unspecified atom stereocenters. The van der Waals surface area contributed by atoms with Crippen LogP contribution >= 0.6 is 0 Å². The maximum absolute atomic E-state index is 12.1. The van der Waals surface area contributed by atoms with Crippen molar-refractivity contribution >= 4 is 23.2 Å². The van der Waals surface area contributed by atoms with Crippen LogP contribution in [0.25, 0.3) is 0 Å². The van der Waals surface area contributed by atoms with Crippen molar-refractivity contribution in [1.29, 1.82) is 0 Å². The summed E-state index contributed by atoms with van der Waals surface area (Å²) in [5, 5.41) is 8.71. The maximum atomic E-state index is 12.1. The Bertz CT molecular complexity index is 911. The van der Waals surface area contributed by atoms with Gasteiger partial charge in [-0.05, 0) is 55.3 Å². The van der Waals surface area contributed by atoms with Gasteiger partial charge in [0.15, 0.2) is 0 Å². The molecular formula is C21H23N5O2. The van der Waals surface area contributed by atoms with Gasteiger partial charge in [-0.1, -0.05) is 19.1 Å². The van der Waals surface area contributed by atoms with E-state index in [1.807, 2.05) is 31.2 Å². The third kappa shape index (κ3) is 5.44. The molecule has 3 rings (SSSR count). The summed E-state index contributed by atoms with van der Waals surface area (Å²) in [4.78, 5) is 20.3. The van der Waals surface area contributed by atoms with Crippen molar-refractivity contribution in [2.75, 3.05) is 22.5 Å². The molecule has 0 radical (unpaired) electrons. The lowest BCUT2D eigenvalue weighted by Gasteiger charge is -2.10. The Morgan fingerprint density at radius 1 is 0.929 bits per heavy atom. The highest BCUT2D eigenvalue weighted by Gasteiger charge is 2.05. The van der Waals surface area contributed by atoms with Crippen LogP contribution in [-0.2, 0) is 6.42 Å². The summed E-state index contributed by atoms with van der Waals surface area (Å²) in [5.74, 6) is 1.76. The van der Waals surface area contributed by atoms with Crippen LogP contribution in [0.5, 0.6) is 11.6 Å². The van der Waals surface area contributed by atoms with E-state index in [0.717, 1.165) is 18.7 Å². The fraction of sp³-hybridized carbons (Fsp3) is 0.190. The van der Waals surface area contributed by atoms with E-state index in [0.29, 0.717) is 23.1 Å². The van der Waals surface area contributed by atoms with Gasteiger partial charge in [0.05, 0.1) is 0 Å². The van der Waals surface area contributed by atoms with Gasteiger partial charge in [0, 0.05) is 24.0 Å². The molecule has 144 valence electrons. The van der Waals surface area contributed by atoms with Gasteiger partial charge in [0.1, 0.15) is 17.9 Å². The zero-order chi connectivity index (χ0) is 19.8. The van der Waals surface area contributed by atoms with Crippen molar-refractivity contribution in [3.05, 3.63) is 66.5 Å². The molecule has 2 amide bonds. The van der Waals surface area contributed by atoms with Crippen LogP contribution in [0.1, 0.15) is 19.4 Å². The molecule has 0 aliphatic heterocycles. The molecule has 0 atom stereocenters. The minimum Gasteiger partial charge on any atom is -0.439 e. The second-order valence-corrected chi connectivity index (χ2v) is 6.03. The minimum absolute atomic E-state index is 0.302. The largest absolute Gasteiger partial charge is 0.439 e. The quantitative estimate of drug-likeness (QED) is 0.545. The first-order valence-electron chi connectivity index (χ1n) is 9.17. The van der Waals surface area contributed by atoms with Crippen molar-refractivity contribution in [2.45, 2.75) is 20.3 Å². The van der Waals surface area contributed by atoms with Gasteiger partial charge in [0.2, 0.25) is 5.88 Å². The third-order valence-corrected chi connectivity index (χ3v) is 3.95. The number of carbonyl (C=O) groups is 1. The number of nitrogens with zero attached hydrogens (tertiary/aromatic N) is 2. The number of ether oxygens (including phenoxy) is 1. The summed E-state index contributed by atoms with van der Waals surface area (Å²) in [5.41, 5.74) is 2.63. The van der Waals surface area contributed by atoms with Crippen LogP contribution in [0.15, 0.2) is 60.9 Å². The van der Waals surface area contributed by atoms with Crippen LogP contribution in [-0.4, -0.2) is 22.5 Å². The number of carbonyl (C=O) groups excluding carboxylic acids is 1. The highest BCUT2D eigenvalue weighted by atomic mass is 16.5. The van der Waals surface area contributed by atoms with Gasteiger partial charge in [-0.2, -0.15) is 0 Å². The standard InChI is InChI=1S/C21H23N5O2/c1-3-15-5-7-16(8-6-15)25-21(27)26-17-9-11-18(12-10-17)28-20-13-19(22-4-2)23-14-24-20/h5-14H,3-4H2,1-2H3,(H,22,23,24)(H2,25,26,27). The Balaban J connectivity index is 1.56. The topological polar surface area (TPSA) is 88.2 Å². The number of amides is 2. The molecule has 0 spiro atoms. The number of hydrogen-bond donors (Lipinski definition) is 3. The fourth-order valence-electron chi connectivity index (χ4n) is 2.52. The molecule has 0 saturated carbocycles.